The highest BCUT2D eigenvalue weighted by Gasteiger charge is 2.48. The molecule has 14 heavy (non-hydrogen) atoms. The lowest BCUT2D eigenvalue weighted by molar-refractivity contribution is 0.251. The van der Waals surface area contributed by atoms with Crippen molar-refractivity contribution in [2.24, 2.45) is 0 Å². The molecule has 0 radical (unpaired) electrons. The minimum Gasteiger partial charge on any atom is -0.420 e. The van der Waals surface area contributed by atoms with Crippen LogP contribution in [0.5, 0.6) is 0 Å². The minimum atomic E-state index is -1.81. The van der Waals surface area contributed by atoms with Crippen LogP contribution < -0.4 is 0 Å². The third-order valence-corrected chi connectivity index (χ3v) is 15.6. The van der Waals surface area contributed by atoms with Crippen molar-refractivity contribution in [3.63, 3.8) is 0 Å². The highest BCUT2D eigenvalue weighted by atomic mass is 28.5. The van der Waals surface area contributed by atoms with Gasteiger partial charge in [-0.1, -0.05) is 27.7 Å². The van der Waals surface area contributed by atoms with Crippen LogP contribution in [0, 0.1) is 0 Å². The standard InChI is InChI=1S/C8H22O3Si3/c1-5-13(6-2)9-12-10-14(7-3,8-4)11-13/h5-8,12H2,1-4H3. The molecule has 3 nitrogen and oxygen atoms in total. The quantitative estimate of drug-likeness (QED) is 0.715. The van der Waals surface area contributed by atoms with Crippen molar-refractivity contribution in [3.8, 4) is 0 Å². The summed E-state index contributed by atoms with van der Waals surface area (Å²) in [7, 11) is -4.36. The fourth-order valence-corrected chi connectivity index (χ4v) is 15.1. The maximum absolute atomic E-state index is 6.33. The first-order chi connectivity index (χ1) is 6.66. The Morgan fingerprint density at radius 3 is 1.43 bits per heavy atom. The lowest BCUT2D eigenvalue weighted by Crippen LogP contribution is -2.60. The molecule has 0 saturated carbocycles. The lowest BCUT2D eigenvalue weighted by atomic mass is 10.9. The van der Waals surface area contributed by atoms with Crippen LogP contribution in [-0.4, -0.2) is 27.1 Å². The van der Waals surface area contributed by atoms with E-state index in [1.165, 1.54) is 0 Å². The van der Waals surface area contributed by atoms with E-state index in [0.717, 1.165) is 24.2 Å². The molecule has 1 saturated heterocycles. The van der Waals surface area contributed by atoms with Crippen LogP contribution >= 0.6 is 0 Å². The third-order valence-electron chi connectivity index (χ3n) is 3.17. The molecule has 1 heterocycles. The van der Waals surface area contributed by atoms with Crippen LogP contribution in [0.1, 0.15) is 27.7 Å². The second kappa shape index (κ2) is 5.04. The molecule has 0 N–H and O–H groups in total. The SMILES string of the molecule is CC[Si]1(CC)O[SiH2]O[Si](CC)(CC)O1. The van der Waals surface area contributed by atoms with E-state index in [1.54, 1.807) is 0 Å². The van der Waals surface area contributed by atoms with Crippen LogP contribution in [0.25, 0.3) is 0 Å². The molecule has 0 bridgehead atoms. The van der Waals surface area contributed by atoms with Crippen molar-refractivity contribution in [1.82, 2.24) is 0 Å². The Morgan fingerprint density at radius 2 is 1.14 bits per heavy atom. The summed E-state index contributed by atoms with van der Waals surface area (Å²) in [6, 6.07) is 4.31. The molecular weight excluding hydrogens is 228 g/mol. The maximum atomic E-state index is 6.33. The molecule has 1 aliphatic rings. The highest BCUT2D eigenvalue weighted by molar-refractivity contribution is 6.87. The van der Waals surface area contributed by atoms with Crippen LogP contribution in [0.2, 0.25) is 24.2 Å². The van der Waals surface area contributed by atoms with Gasteiger partial charge in [-0.05, 0) is 24.2 Å². The van der Waals surface area contributed by atoms with E-state index in [2.05, 4.69) is 27.7 Å². The summed E-state index contributed by atoms with van der Waals surface area (Å²) in [5, 5.41) is 0. The van der Waals surface area contributed by atoms with Crippen molar-refractivity contribution >= 4 is 27.1 Å². The van der Waals surface area contributed by atoms with Gasteiger partial charge < -0.3 is 12.3 Å². The second-order valence-electron chi connectivity index (χ2n) is 3.74. The summed E-state index contributed by atoms with van der Waals surface area (Å²) in [6.07, 6.45) is 0. The Labute approximate surface area is 91.7 Å². The average Bonchev–Trinajstić information content (AvgIpc) is 2.29. The van der Waals surface area contributed by atoms with Crippen LogP contribution in [0.15, 0.2) is 0 Å². The Hall–Kier alpha value is 0.531. The van der Waals surface area contributed by atoms with Gasteiger partial charge in [0, 0.05) is 0 Å². The van der Waals surface area contributed by atoms with Crippen molar-refractivity contribution in [2.75, 3.05) is 0 Å². The van der Waals surface area contributed by atoms with Gasteiger partial charge in [0.15, 0.2) is 0 Å². The fourth-order valence-electron chi connectivity index (χ4n) is 1.84. The molecule has 6 heteroatoms. The molecule has 0 unspecified atom stereocenters. The molecule has 1 aliphatic heterocycles. The predicted molar refractivity (Wildman–Crippen MR) is 65.2 cm³/mol. The van der Waals surface area contributed by atoms with Gasteiger partial charge in [0.2, 0.25) is 0 Å². The van der Waals surface area contributed by atoms with E-state index >= 15 is 0 Å². The molecule has 1 rings (SSSR count). The van der Waals surface area contributed by atoms with Gasteiger partial charge in [0.1, 0.15) is 0 Å². The first kappa shape index (κ1) is 12.6. The largest absolute Gasteiger partial charge is 0.420 e. The Balaban J connectivity index is 2.75. The van der Waals surface area contributed by atoms with Gasteiger partial charge in [0.25, 0.3) is 10.0 Å². The number of hydrogen-bond acceptors (Lipinski definition) is 3. The summed E-state index contributed by atoms with van der Waals surface area (Å²) in [5.41, 5.74) is 0. The van der Waals surface area contributed by atoms with Crippen molar-refractivity contribution < 1.29 is 12.3 Å². The summed E-state index contributed by atoms with van der Waals surface area (Å²) in [4.78, 5) is 0. The molecule has 0 aromatic rings. The van der Waals surface area contributed by atoms with Crippen LogP contribution in [-0.2, 0) is 12.3 Å². The van der Waals surface area contributed by atoms with Gasteiger partial charge in [0.05, 0.1) is 0 Å². The molecule has 84 valence electrons. The van der Waals surface area contributed by atoms with Gasteiger partial charge in [-0.15, -0.1) is 0 Å². The van der Waals surface area contributed by atoms with Crippen molar-refractivity contribution in [1.29, 1.82) is 0 Å². The van der Waals surface area contributed by atoms with E-state index < -0.39 is 27.1 Å². The predicted octanol–water partition coefficient (Wildman–Crippen LogP) is 2.01. The van der Waals surface area contributed by atoms with E-state index in [-0.39, 0.29) is 0 Å². The highest BCUT2D eigenvalue weighted by Crippen LogP contribution is 2.31. The number of hydrogen-bond donors (Lipinski definition) is 0. The van der Waals surface area contributed by atoms with Gasteiger partial charge in [-0.2, -0.15) is 0 Å². The smallest absolute Gasteiger partial charge is 0.319 e. The fraction of sp³-hybridized carbons (Fsp3) is 1.00. The summed E-state index contributed by atoms with van der Waals surface area (Å²) in [5.74, 6) is 0. The molecule has 0 aromatic heterocycles. The zero-order valence-electron chi connectivity index (χ0n) is 9.76. The molecule has 0 aromatic carbocycles. The van der Waals surface area contributed by atoms with E-state index in [9.17, 15) is 0 Å². The van der Waals surface area contributed by atoms with Gasteiger partial charge in [-0.25, -0.2) is 0 Å². The maximum Gasteiger partial charge on any atom is 0.319 e. The summed E-state index contributed by atoms with van der Waals surface area (Å²) in [6.45, 7) is 8.78. The molecule has 0 spiro atoms. The average molecular weight is 251 g/mol. The topological polar surface area (TPSA) is 27.7 Å². The first-order valence-electron chi connectivity index (χ1n) is 5.64. The number of rotatable bonds is 4. The van der Waals surface area contributed by atoms with Crippen molar-refractivity contribution in [2.45, 2.75) is 51.9 Å². The second-order valence-corrected chi connectivity index (χ2v) is 13.6. The first-order valence-corrected chi connectivity index (χ1v) is 11.3. The Kier molecular flexibility index (Phi) is 4.54. The lowest BCUT2D eigenvalue weighted by Gasteiger charge is -2.44. The zero-order chi connectivity index (χ0) is 10.7. The zero-order valence-corrected chi connectivity index (χ0v) is 13.2. The monoisotopic (exact) mass is 250 g/mol. The molecule has 0 aliphatic carbocycles. The Bertz CT molecular complexity index is 163. The van der Waals surface area contributed by atoms with E-state index in [4.69, 9.17) is 12.3 Å². The third kappa shape index (κ3) is 2.37. The Morgan fingerprint density at radius 1 is 0.786 bits per heavy atom. The normalized spacial score (nSPS) is 24.9. The minimum absolute atomic E-state index is 0.745. The van der Waals surface area contributed by atoms with E-state index in [1.807, 2.05) is 0 Å². The molecule has 0 atom stereocenters. The van der Waals surface area contributed by atoms with E-state index in [0.29, 0.717) is 0 Å². The van der Waals surface area contributed by atoms with Crippen molar-refractivity contribution in [3.05, 3.63) is 0 Å². The molecule has 1 fully saturated rings. The molecule has 0 amide bonds. The summed E-state index contributed by atoms with van der Waals surface area (Å²) < 4.78 is 18.1. The summed E-state index contributed by atoms with van der Waals surface area (Å²) >= 11 is 0. The van der Waals surface area contributed by atoms with Gasteiger partial charge in [-0.3, -0.25) is 0 Å². The van der Waals surface area contributed by atoms with Gasteiger partial charge >= 0.3 is 17.1 Å². The molecular formula is C8H22O3Si3. The van der Waals surface area contributed by atoms with Crippen LogP contribution in [0.3, 0.4) is 0 Å². The van der Waals surface area contributed by atoms with Crippen LogP contribution in [0.4, 0.5) is 0 Å².